The van der Waals surface area contributed by atoms with Crippen molar-refractivity contribution in [2.75, 3.05) is 5.32 Å². The quantitative estimate of drug-likeness (QED) is 0.867. The normalized spacial score (nSPS) is 9.93. The van der Waals surface area contributed by atoms with E-state index in [9.17, 15) is 4.79 Å². The molecule has 0 saturated heterocycles. The Morgan fingerprint density at radius 2 is 2.07 bits per heavy atom. The lowest BCUT2D eigenvalue weighted by Crippen LogP contribution is -2.06. The van der Waals surface area contributed by atoms with E-state index in [4.69, 9.17) is 0 Å². The molecule has 1 aromatic rings. The van der Waals surface area contributed by atoms with Crippen LogP contribution in [0.2, 0.25) is 0 Å². The van der Waals surface area contributed by atoms with Crippen molar-refractivity contribution < 1.29 is 4.79 Å². The van der Waals surface area contributed by atoms with Crippen LogP contribution in [0.15, 0.2) is 28.0 Å². The molecular weight excluding hydrogens is 350 g/mol. The highest BCUT2D eigenvalue weighted by atomic mass is 79.9. The van der Waals surface area contributed by atoms with Gasteiger partial charge in [-0.25, -0.2) is 0 Å². The molecule has 0 spiro atoms. The Morgan fingerprint density at radius 1 is 1.36 bits per heavy atom. The summed E-state index contributed by atoms with van der Waals surface area (Å²) in [5, 5.41) is 2.76. The summed E-state index contributed by atoms with van der Waals surface area (Å²) in [4.78, 5) is 13.0. The van der Waals surface area contributed by atoms with Gasteiger partial charge in [0.15, 0.2) is 0 Å². The van der Waals surface area contributed by atoms with Crippen LogP contribution in [0.5, 0.6) is 0 Å². The minimum Gasteiger partial charge on any atom is -0.325 e. The standard InChI is InChI=1S/C8H7Br2NOS2/c1-5(12)11-7-3-2-6(13-9)4-8(7)14-10/h2-4H,1H3,(H,11,12). The molecule has 0 aliphatic carbocycles. The van der Waals surface area contributed by atoms with Gasteiger partial charge in [-0.1, -0.05) is 0 Å². The molecule has 0 aromatic heterocycles. The second-order valence-electron chi connectivity index (χ2n) is 2.49. The number of carbonyl (C=O) groups is 1. The third-order valence-electron chi connectivity index (χ3n) is 1.44. The third kappa shape index (κ3) is 3.49. The Morgan fingerprint density at radius 3 is 2.57 bits per heavy atom. The van der Waals surface area contributed by atoms with Gasteiger partial charge < -0.3 is 5.32 Å². The predicted molar refractivity (Wildman–Crippen MR) is 70.3 cm³/mol. The third-order valence-corrected chi connectivity index (χ3v) is 4.54. The minimum atomic E-state index is -0.0629. The number of hydrogen-bond acceptors (Lipinski definition) is 3. The molecule has 0 radical (unpaired) electrons. The maximum absolute atomic E-state index is 10.9. The molecule has 0 saturated carbocycles. The van der Waals surface area contributed by atoms with Crippen LogP contribution < -0.4 is 5.32 Å². The van der Waals surface area contributed by atoms with E-state index in [1.165, 1.54) is 27.3 Å². The summed E-state index contributed by atoms with van der Waals surface area (Å²) < 4.78 is 0. The van der Waals surface area contributed by atoms with Crippen molar-refractivity contribution >= 4 is 61.6 Å². The Hall–Kier alpha value is 0.350. The molecule has 2 nitrogen and oxygen atoms in total. The summed E-state index contributed by atoms with van der Waals surface area (Å²) in [6, 6.07) is 5.82. The van der Waals surface area contributed by atoms with Gasteiger partial charge in [-0.3, -0.25) is 4.79 Å². The van der Waals surface area contributed by atoms with Gasteiger partial charge in [0.2, 0.25) is 5.91 Å². The van der Waals surface area contributed by atoms with Crippen LogP contribution in [0.25, 0.3) is 0 Å². The minimum absolute atomic E-state index is 0.0629. The maximum Gasteiger partial charge on any atom is 0.221 e. The molecule has 0 unspecified atom stereocenters. The first-order valence-corrected chi connectivity index (χ1v) is 8.98. The summed E-state index contributed by atoms with van der Waals surface area (Å²) >= 11 is 6.60. The molecule has 14 heavy (non-hydrogen) atoms. The molecule has 0 bridgehead atoms. The lowest BCUT2D eigenvalue weighted by atomic mass is 10.3. The van der Waals surface area contributed by atoms with Gasteiger partial charge in [-0.05, 0) is 68.2 Å². The Balaban J connectivity index is 2.98. The van der Waals surface area contributed by atoms with E-state index in [-0.39, 0.29) is 5.91 Å². The van der Waals surface area contributed by atoms with Gasteiger partial charge >= 0.3 is 0 Å². The first kappa shape index (κ1) is 12.4. The zero-order valence-corrected chi connectivity index (χ0v) is 12.0. The number of carbonyl (C=O) groups excluding carboxylic acids is 1. The molecule has 0 fully saturated rings. The first-order valence-electron chi connectivity index (χ1n) is 3.66. The van der Waals surface area contributed by atoms with Gasteiger partial charge in [0.05, 0.1) is 5.69 Å². The van der Waals surface area contributed by atoms with E-state index in [0.29, 0.717) is 0 Å². The van der Waals surface area contributed by atoms with E-state index in [1.807, 2.05) is 18.2 Å². The molecule has 1 aromatic carbocycles. The number of hydrogen-bond donors (Lipinski definition) is 1. The van der Waals surface area contributed by atoms with Crippen LogP contribution in [-0.4, -0.2) is 5.91 Å². The fourth-order valence-electron chi connectivity index (χ4n) is 0.907. The maximum atomic E-state index is 10.9. The fraction of sp³-hybridized carbons (Fsp3) is 0.125. The van der Waals surface area contributed by atoms with Crippen molar-refractivity contribution in [3.8, 4) is 0 Å². The monoisotopic (exact) mass is 355 g/mol. The smallest absolute Gasteiger partial charge is 0.221 e. The molecular formula is C8H7Br2NOS2. The molecule has 0 atom stereocenters. The molecule has 6 heteroatoms. The van der Waals surface area contributed by atoms with E-state index < -0.39 is 0 Å². The zero-order chi connectivity index (χ0) is 10.6. The van der Waals surface area contributed by atoms with Crippen LogP contribution >= 0.6 is 50.0 Å². The predicted octanol–water partition coefficient (Wildman–Crippen LogP) is 4.45. The number of halogens is 2. The van der Waals surface area contributed by atoms with Crippen molar-refractivity contribution in [1.29, 1.82) is 0 Å². The number of benzene rings is 1. The van der Waals surface area contributed by atoms with E-state index in [0.717, 1.165) is 15.5 Å². The van der Waals surface area contributed by atoms with Gasteiger partial charge in [-0.2, -0.15) is 0 Å². The largest absolute Gasteiger partial charge is 0.325 e. The van der Waals surface area contributed by atoms with Gasteiger partial charge in [0.1, 0.15) is 0 Å². The average Bonchev–Trinajstić information content (AvgIpc) is 2.17. The zero-order valence-electron chi connectivity index (χ0n) is 7.21. The average molecular weight is 357 g/mol. The molecule has 0 aliphatic rings. The molecule has 76 valence electrons. The number of amides is 1. The van der Waals surface area contributed by atoms with Crippen LogP contribution in [0.3, 0.4) is 0 Å². The van der Waals surface area contributed by atoms with Crippen molar-refractivity contribution in [3.63, 3.8) is 0 Å². The van der Waals surface area contributed by atoms with Crippen molar-refractivity contribution in [1.82, 2.24) is 0 Å². The first-order chi connectivity index (χ1) is 6.67. The van der Waals surface area contributed by atoms with E-state index in [1.54, 1.807) is 0 Å². The number of anilines is 1. The lowest BCUT2D eigenvalue weighted by molar-refractivity contribution is -0.114. The van der Waals surface area contributed by atoms with Crippen LogP contribution in [0.4, 0.5) is 5.69 Å². The summed E-state index contributed by atoms with van der Waals surface area (Å²) in [6.45, 7) is 1.50. The highest BCUT2D eigenvalue weighted by Gasteiger charge is 2.04. The Bertz CT molecular complexity index is 346. The molecule has 1 N–H and O–H groups in total. The summed E-state index contributed by atoms with van der Waals surface area (Å²) in [6.07, 6.45) is 0. The summed E-state index contributed by atoms with van der Waals surface area (Å²) in [5.41, 5.74) is 0.824. The highest BCUT2D eigenvalue weighted by Crippen LogP contribution is 2.36. The molecule has 1 amide bonds. The Labute approximate surface area is 106 Å². The summed E-state index contributed by atoms with van der Waals surface area (Å²) in [5.74, 6) is -0.0629. The lowest BCUT2D eigenvalue weighted by Gasteiger charge is -2.07. The topological polar surface area (TPSA) is 29.1 Å². The second-order valence-corrected chi connectivity index (χ2v) is 5.66. The molecule has 0 heterocycles. The highest BCUT2D eigenvalue weighted by molar-refractivity contribution is 9.50. The van der Waals surface area contributed by atoms with Gasteiger partial charge in [0, 0.05) is 16.7 Å². The number of nitrogens with one attached hydrogen (secondary N) is 1. The van der Waals surface area contributed by atoms with E-state index >= 15 is 0 Å². The molecule has 1 rings (SSSR count). The van der Waals surface area contributed by atoms with Gasteiger partial charge in [-0.15, -0.1) is 0 Å². The van der Waals surface area contributed by atoms with Crippen molar-refractivity contribution in [2.24, 2.45) is 0 Å². The second kappa shape index (κ2) is 6.05. The van der Waals surface area contributed by atoms with Crippen molar-refractivity contribution in [2.45, 2.75) is 16.7 Å². The van der Waals surface area contributed by atoms with E-state index in [2.05, 4.69) is 34.9 Å². The SMILES string of the molecule is CC(=O)Nc1ccc(SBr)cc1SBr. The summed E-state index contributed by atoms with van der Waals surface area (Å²) in [7, 11) is 2.92. The number of rotatable bonds is 3. The Kier molecular flexibility index (Phi) is 5.36. The fourth-order valence-corrected chi connectivity index (χ4v) is 3.05. The van der Waals surface area contributed by atoms with Crippen LogP contribution in [0.1, 0.15) is 6.92 Å². The van der Waals surface area contributed by atoms with Gasteiger partial charge in [0.25, 0.3) is 0 Å². The van der Waals surface area contributed by atoms with Crippen molar-refractivity contribution in [3.05, 3.63) is 18.2 Å². The van der Waals surface area contributed by atoms with Crippen LogP contribution in [-0.2, 0) is 4.79 Å². The van der Waals surface area contributed by atoms with Crippen LogP contribution in [0, 0.1) is 0 Å². The molecule has 0 aliphatic heterocycles.